The first-order valence-electron chi connectivity index (χ1n) is 8.52. The van der Waals surface area contributed by atoms with Gasteiger partial charge in [0.1, 0.15) is 6.04 Å². The summed E-state index contributed by atoms with van der Waals surface area (Å²) in [6.45, 7) is 3.56. The normalized spacial score (nSPS) is 14.8. The predicted octanol–water partition coefficient (Wildman–Crippen LogP) is 2.44. The van der Waals surface area contributed by atoms with Crippen molar-refractivity contribution >= 4 is 23.3 Å². The van der Waals surface area contributed by atoms with Gasteiger partial charge in [0.25, 0.3) is 5.91 Å². The zero-order chi connectivity index (χ0) is 17.6. The maximum atomic E-state index is 12.5. The van der Waals surface area contributed by atoms with E-state index < -0.39 is 6.04 Å². The lowest BCUT2D eigenvalue weighted by Crippen LogP contribution is -2.41. The van der Waals surface area contributed by atoms with Gasteiger partial charge >= 0.3 is 0 Å². The summed E-state index contributed by atoms with van der Waals surface area (Å²) >= 11 is 0. The molecule has 1 fully saturated rings. The maximum absolute atomic E-state index is 12.5. The SMILES string of the molecule is C[C@H](NC(=O)c1ccccc1)C(=O)Nc1cccnc1N1CCCC1. The molecule has 130 valence electrons. The van der Waals surface area contributed by atoms with Gasteiger partial charge in [0.15, 0.2) is 5.82 Å². The lowest BCUT2D eigenvalue weighted by atomic mass is 10.2. The summed E-state index contributed by atoms with van der Waals surface area (Å²) in [7, 11) is 0. The predicted molar refractivity (Wildman–Crippen MR) is 97.7 cm³/mol. The topological polar surface area (TPSA) is 74.3 Å². The molecule has 1 atom stereocenters. The van der Waals surface area contributed by atoms with Crippen molar-refractivity contribution in [3.63, 3.8) is 0 Å². The highest BCUT2D eigenvalue weighted by Gasteiger charge is 2.21. The standard InChI is InChI=1S/C19H22N4O2/c1-14(21-19(25)15-8-3-2-4-9-15)18(24)22-16-10-7-11-20-17(16)23-12-5-6-13-23/h2-4,7-11,14H,5-6,12-13H2,1H3,(H,21,25)(H,22,24)/t14-/m0/s1. The largest absolute Gasteiger partial charge is 0.355 e. The quantitative estimate of drug-likeness (QED) is 0.878. The summed E-state index contributed by atoms with van der Waals surface area (Å²) in [5, 5.41) is 5.61. The lowest BCUT2D eigenvalue weighted by Gasteiger charge is -2.21. The summed E-state index contributed by atoms with van der Waals surface area (Å²) in [5.74, 6) is 0.252. The molecular formula is C19H22N4O2. The van der Waals surface area contributed by atoms with Crippen LogP contribution in [0.2, 0.25) is 0 Å². The Kier molecular flexibility index (Phi) is 5.28. The van der Waals surface area contributed by atoms with Crippen LogP contribution in [-0.4, -0.2) is 35.9 Å². The molecule has 25 heavy (non-hydrogen) atoms. The Hall–Kier alpha value is -2.89. The van der Waals surface area contributed by atoms with Crippen molar-refractivity contribution in [2.45, 2.75) is 25.8 Å². The van der Waals surface area contributed by atoms with Gasteiger partial charge < -0.3 is 15.5 Å². The minimum Gasteiger partial charge on any atom is -0.355 e. The van der Waals surface area contributed by atoms with E-state index in [0.717, 1.165) is 31.7 Å². The summed E-state index contributed by atoms with van der Waals surface area (Å²) in [6, 6.07) is 11.8. The average molecular weight is 338 g/mol. The van der Waals surface area contributed by atoms with Gasteiger partial charge in [0.2, 0.25) is 5.91 Å². The third kappa shape index (κ3) is 4.15. The number of aromatic nitrogens is 1. The molecule has 1 aromatic heterocycles. The number of anilines is 2. The molecule has 1 aromatic carbocycles. The van der Waals surface area contributed by atoms with E-state index in [9.17, 15) is 9.59 Å². The number of hydrogen-bond donors (Lipinski definition) is 2. The van der Waals surface area contributed by atoms with Crippen LogP contribution in [0.15, 0.2) is 48.7 Å². The number of nitrogens with one attached hydrogen (secondary N) is 2. The van der Waals surface area contributed by atoms with E-state index in [4.69, 9.17) is 0 Å². The van der Waals surface area contributed by atoms with Crippen molar-refractivity contribution in [2.75, 3.05) is 23.3 Å². The molecule has 0 aliphatic carbocycles. The number of benzene rings is 1. The zero-order valence-corrected chi connectivity index (χ0v) is 14.2. The second-order valence-electron chi connectivity index (χ2n) is 6.12. The number of nitrogens with zero attached hydrogens (tertiary/aromatic N) is 2. The molecule has 0 unspecified atom stereocenters. The van der Waals surface area contributed by atoms with Crippen molar-refractivity contribution < 1.29 is 9.59 Å². The minimum atomic E-state index is -0.653. The number of hydrogen-bond acceptors (Lipinski definition) is 4. The molecule has 0 saturated carbocycles. The van der Waals surface area contributed by atoms with Crippen molar-refractivity contribution in [3.8, 4) is 0 Å². The van der Waals surface area contributed by atoms with Gasteiger partial charge in [0, 0.05) is 24.8 Å². The van der Waals surface area contributed by atoms with Crippen LogP contribution >= 0.6 is 0 Å². The van der Waals surface area contributed by atoms with Gasteiger partial charge in [-0.3, -0.25) is 9.59 Å². The Morgan fingerprint density at radius 3 is 2.52 bits per heavy atom. The number of rotatable bonds is 5. The Morgan fingerprint density at radius 1 is 1.08 bits per heavy atom. The molecular weight excluding hydrogens is 316 g/mol. The molecule has 3 rings (SSSR count). The lowest BCUT2D eigenvalue weighted by molar-refractivity contribution is -0.117. The van der Waals surface area contributed by atoms with Crippen molar-refractivity contribution in [1.29, 1.82) is 0 Å². The van der Waals surface area contributed by atoms with Gasteiger partial charge in [0.05, 0.1) is 5.69 Å². The highest BCUT2D eigenvalue weighted by molar-refractivity contribution is 6.01. The van der Waals surface area contributed by atoms with Crippen LogP contribution in [0.3, 0.4) is 0 Å². The molecule has 0 radical (unpaired) electrons. The first-order valence-corrected chi connectivity index (χ1v) is 8.52. The van der Waals surface area contributed by atoms with E-state index in [1.54, 1.807) is 43.5 Å². The van der Waals surface area contributed by atoms with Crippen LogP contribution in [0.4, 0.5) is 11.5 Å². The van der Waals surface area contributed by atoms with Crippen LogP contribution < -0.4 is 15.5 Å². The second kappa shape index (κ2) is 7.79. The Balaban J connectivity index is 1.65. The van der Waals surface area contributed by atoms with Crippen LogP contribution in [0.1, 0.15) is 30.1 Å². The molecule has 0 spiro atoms. The van der Waals surface area contributed by atoms with E-state index in [2.05, 4.69) is 20.5 Å². The molecule has 1 aliphatic rings. The Bertz CT molecular complexity index is 742. The summed E-state index contributed by atoms with van der Waals surface area (Å²) in [4.78, 5) is 31.2. The fourth-order valence-electron chi connectivity index (χ4n) is 2.85. The monoisotopic (exact) mass is 338 g/mol. The first kappa shape index (κ1) is 17.0. The van der Waals surface area contributed by atoms with E-state index >= 15 is 0 Å². The van der Waals surface area contributed by atoms with Crippen LogP contribution in [0.5, 0.6) is 0 Å². The highest BCUT2D eigenvalue weighted by atomic mass is 16.2. The summed E-state index contributed by atoms with van der Waals surface area (Å²) < 4.78 is 0. The third-order valence-electron chi connectivity index (χ3n) is 4.23. The van der Waals surface area contributed by atoms with E-state index in [-0.39, 0.29) is 11.8 Å². The molecule has 2 aromatic rings. The Labute approximate surface area is 147 Å². The highest BCUT2D eigenvalue weighted by Crippen LogP contribution is 2.26. The third-order valence-corrected chi connectivity index (χ3v) is 4.23. The van der Waals surface area contributed by atoms with E-state index in [1.807, 2.05) is 12.1 Å². The summed E-state index contributed by atoms with van der Waals surface area (Å²) in [6.07, 6.45) is 3.99. The van der Waals surface area contributed by atoms with Crippen molar-refractivity contribution in [3.05, 3.63) is 54.2 Å². The fourth-order valence-corrected chi connectivity index (χ4v) is 2.85. The molecule has 2 heterocycles. The van der Waals surface area contributed by atoms with Crippen LogP contribution in [-0.2, 0) is 4.79 Å². The first-order chi connectivity index (χ1) is 12.1. The fraction of sp³-hybridized carbons (Fsp3) is 0.316. The van der Waals surface area contributed by atoms with Gasteiger partial charge in [-0.2, -0.15) is 0 Å². The average Bonchev–Trinajstić information content (AvgIpc) is 3.17. The Morgan fingerprint density at radius 2 is 1.80 bits per heavy atom. The van der Waals surface area contributed by atoms with Gasteiger partial charge in [-0.15, -0.1) is 0 Å². The van der Waals surface area contributed by atoms with E-state index in [0.29, 0.717) is 11.3 Å². The number of pyridine rings is 1. The zero-order valence-electron chi connectivity index (χ0n) is 14.2. The molecule has 6 heteroatoms. The maximum Gasteiger partial charge on any atom is 0.251 e. The van der Waals surface area contributed by atoms with Crippen LogP contribution in [0.25, 0.3) is 0 Å². The van der Waals surface area contributed by atoms with Crippen molar-refractivity contribution in [2.24, 2.45) is 0 Å². The number of carbonyl (C=O) groups is 2. The second-order valence-corrected chi connectivity index (χ2v) is 6.12. The van der Waals surface area contributed by atoms with Gasteiger partial charge in [-0.1, -0.05) is 18.2 Å². The number of amides is 2. The molecule has 2 amide bonds. The molecule has 1 saturated heterocycles. The van der Waals surface area contributed by atoms with Crippen molar-refractivity contribution in [1.82, 2.24) is 10.3 Å². The van der Waals surface area contributed by atoms with Gasteiger partial charge in [-0.05, 0) is 44.0 Å². The molecule has 6 nitrogen and oxygen atoms in total. The van der Waals surface area contributed by atoms with Crippen LogP contribution in [0, 0.1) is 0 Å². The minimum absolute atomic E-state index is 0.266. The smallest absolute Gasteiger partial charge is 0.251 e. The molecule has 1 aliphatic heterocycles. The molecule has 2 N–H and O–H groups in total. The number of carbonyl (C=O) groups excluding carboxylic acids is 2. The van der Waals surface area contributed by atoms with Gasteiger partial charge in [-0.25, -0.2) is 4.98 Å². The molecule has 0 bridgehead atoms. The summed E-state index contributed by atoms with van der Waals surface area (Å²) in [5.41, 5.74) is 1.21. The van der Waals surface area contributed by atoms with E-state index in [1.165, 1.54) is 0 Å².